The molecule has 0 spiro atoms. The van der Waals surface area contributed by atoms with E-state index in [0.717, 1.165) is 47.3 Å². The number of unbranched alkanes of at least 4 members (excludes halogenated alkanes) is 2. The van der Waals surface area contributed by atoms with Gasteiger partial charge in [0.25, 0.3) is 0 Å². The van der Waals surface area contributed by atoms with Gasteiger partial charge >= 0.3 is 0 Å². The molecule has 2 aromatic carbocycles. The summed E-state index contributed by atoms with van der Waals surface area (Å²) in [5.41, 5.74) is 9.15. The van der Waals surface area contributed by atoms with Gasteiger partial charge in [-0.1, -0.05) is 68.5 Å². The minimum Gasteiger partial charge on any atom is -0.255 e. The van der Waals surface area contributed by atoms with Crippen molar-refractivity contribution in [2.45, 2.75) is 110 Å². The van der Waals surface area contributed by atoms with E-state index in [1.54, 1.807) is 11.1 Å². The molecule has 37 heavy (non-hydrogen) atoms. The fourth-order valence-corrected chi connectivity index (χ4v) is 9.29. The Labute approximate surface area is 226 Å². The summed E-state index contributed by atoms with van der Waals surface area (Å²) in [7, 11) is 0.500. The molecule has 0 amide bonds. The zero-order chi connectivity index (χ0) is 26.1. The van der Waals surface area contributed by atoms with Crippen LogP contribution in [-0.2, 0) is 0 Å². The monoisotopic (exact) mass is 502 g/mol. The van der Waals surface area contributed by atoms with E-state index in [1.807, 2.05) is 0 Å². The fourth-order valence-electron chi connectivity index (χ4n) is 9.29. The maximum atomic E-state index is 9.50. The Morgan fingerprint density at radius 1 is 0.514 bits per heavy atom. The van der Waals surface area contributed by atoms with Crippen LogP contribution in [0.2, 0.25) is 0 Å². The van der Waals surface area contributed by atoms with E-state index in [-0.39, 0.29) is 0 Å². The molecule has 8 atom stereocenters. The first-order valence-corrected chi connectivity index (χ1v) is 15.5. The SMILES string of the molecule is CF.Cc1ccc(C2CC3CC2CC3CCCCCC2CC3CC2CC3c2ccc(C)c(C)c2)cc1C. The average molecular weight is 503 g/mol. The zero-order valence-corrected chi connectivity index (χ0v) is 24.2. The van der Waals surface area contributed by atoms with E-state index in [9.17, 15) is 4.39 Å². The summed E-state index contributed by atoms with van der Waals surface area (Å²) >= 11 is 0. The Kier molecular flexibility index (Phi) is 8.47. The van der Waals surface area contributed by atoms with Crippen LogP contribution in [-0.4, -0.2) is 7.18 Å². The maximum absolute atomic E-state index is 9.50. The lowest BCUT2D eigenvalue weighted by atomic mass is 9.76. The van der Waals surface area contributed by atoms with Gasteiger partial charge in [-0.25, -0.2) is 0 Å². The molecule has 0 heterocycles. The van der Waals surface area contributed by atoms with Gasteiger partial charge in [-0.3, -0.25) is 4.39 Å². The van der Waals surface area contributed by atoms with Gasteiger partial charge in [0.1, 0.15) is 0 Å². The lowest BCUT2D eigenvalue weighted by molar-refractivity contribution is 0.268. The summed E-state index contributed by atoms with van der Waals surface area (Å²) in [4.78, 5) is 0. The van der Waals surface area contributed by atoms with Crippen molar-refractivity contribution < 1.29 is 4.39 Å². The number of halogens is 1. The van der Waals surface area contributed by atoms with Gasteiger partial charge in [0.05, 0.1) is 7.18 Å². The molecule has 0 N–H and O–H groups in total. The molecule has 4 fully saturated rings. The second kappa shape index (κ2) is 11.6. The predicted molar refractivity (Wildman–Crippen MR) is 156 cm³/mol. The van der Waals surface area contributed by atoms with Crippen LogP contribution in [0.15, 0.2) is 36.4 Å². The third kappa shape index (κ3) is 5.58. The number of hydrogen-bond donors (Lipinski definition) is 0. The summed E-state index contributed by atoms with van der Waals surface area (Å²) in [6, 6.07) is 14.6. The maximum Gasteiger partial charge on any atom is 0.0785 e. The van der Waals surface area contributed by atoms with E-state index < -0.39 is 0 Å². The Hall–Kier alpha value is -1.63. The largest absolute Gasteiger partial charge is 0.255 e. The highest BCUT2D eigenvalue weighted by molar-refractivity contribution is 5.34. The summed E-state index contributed by atoms with van der Waals surface area (Å²) in [6.07, 6.45) is 16.6. The van der Waals surface area contributed by atoms with Crippen molar-refractivity contribution in [2.75, 3.05) is 7.18 Å². The van der Waals surface area contributed by atoms with Crippen LogP contribution in [0, 0.1) is 63.2 Å². The van der Waals surface area contributed by atoms with Gasteiger partial charge in [0, 0.05) is 0 Å². The summed E-state index contributed by atoms with van der Waals surface area (Å²) in [5, 5.41) is 0. The van der Waals surface area contributed by atoms with E-state index in [1.165, 1.54) is 92.9 Å². The highest BCUT2D eigenvalue weighted by Gasteiger charge is 2.46. The second-order valence-corrected chi connectivity index (χ2v) is 13.5. The Morgan fingerprint density at radius 2 is 0.946 bits per heavy atom. The predicted octanol–water partition coefficient (Wildman–Crippen LogP) is 10.4. The molecule has 4 bridgehead atoms. The van der Waals surface area contributed by atoms with Crippen molar-refractivity contribution in [2.24, 2.45) is 35.5 Å². The van der Waals surface area contributed by atoms with Crippen molar-refractivity contribution >= 4 is 0 Å². The third-order valence-electron chi connectivity index (χ3n) is 11.6. The number of aryl methyl sites for hydroxylation is 4. The number of benzene rings is 2. The molecule has 0 saturated heterocycles. The molecule has 4 saturated carbocycles. The molecular formula is C36H51F. The summed E-state index contributed by atoms with van der Waals surface area (Å²) in [6.45, 7) is 9.07. The molecule has 0 radical (unpaired) electrons. The van der Waals surface area contributed by atoms with Crippen molar-refractivity contribution in [3.63, 3.8) is 0 Å². The van der Waals surface area contributed by atoms with Crippen LogP contribution in [0.4, 0.5) is 4.39 Å². The highest BCUT2D eigenvalue weighted by atomic mass is 19.1. The second-order valence-electron chi connectivity index (χ2n) is 13.5. The van der Waals surface area contributed by atoms with E-state index in [0.29, 0.717) is 7.18 Å². The third-order valence-corrected chi connectivity index (χ3v) is 11.6. The first-order valence-electron chi connectivity index (χ1n) is 15.5. The first-order chi connectivity index (χ1) is 18.0. The van der Waals surface area contributed by atoms with Crippen molar-refractivity contribution in [1.29, 1.82) is 0 Å². The number of rotatable bonds is 8. The Morgan fingerprint density at radius 3 is 1.30 bits per heavy atom. The van der Waals surface area contributed by atoms with Gasteiger partial charge in [-0.15, -0.1) is 0 Å². The lowest BCUT2D eigenvalue weighted by Crippen LogP contribution is -2.17. The molecule has 1 heteroatoms. The number of alkyl halides is 1. The Bertz CT molecular complexity index is 969. The van der Waals surface area contributed by atoms with Gasteiger partial charge in [-0.2, -0.15) is 0 Å². The van der Waals surface area contributed by atoms with Crippen LogP contribution < -0.4 is 0 Å². The van der Waals surface area contributed by atoms with E-state index >= 15 is 0 Å². The van der Waals surface area contributed by atoms with Crippen molar-refractivity contribution in [1.82, 2.24) is 0 Å². The fraction of sp³-hybridized carbons (Fsp3) is 0.667. The highest BCUT2D eigenvalue weighted by Crippen LogP contribution is 2.58. The first kappa shape index (κ1) is 27.0. The standard InChI is InChI=1S/C35H48.CH3F/c1-22-10-12-28(14-24(22)3)34-20-30-18-32(34)16-26(30)8-6-5-7-9-27-17-33-19-31(27)21-35(33)29-13-11-23(2)25(4)15-29;1-2/h10-15,26-27,30-35H,5-9,16-21H2,1-4H3;1H3. The minimum absolute atomic E-state index is 0.500. The van der Waals surface area contributed by atoms with Gasteiger partial charge in [-0.05, 0) is 147 Å². The molecular weight excluding hydrogens is 451 g/mol. The molecule has 2 aromatic rings. The van der Waals surface area contributed by atoms with Gasteiger partial charge in [0.15, 0.2) is 0 Å². The molecule has 8 unspecified atom stereocenters. The van der Waals surface area contributed by atoms with Crippen LogP contribution in [0.1, 0.15) is 116 Å². The summed E-state index contributed by atoms with van der Waals surface area (Å²) < 4.78 is 9.50. The average Bonchev–Trinajstić information content (AvgIpc) is 3.69. The smallest absolute Gasteiger partial charge is 0.0785 e. The number of hydrogen-bond acceptors (Lipinski definition) is 0. The lowest BCUT2D eigenvalue weighted by Gasteiger charge is -2.29. The van der Waals surface area contributed by atoms with Crippen molar-refractivity contribution in [3.8, 4) is 0 Å². The number of fused-ring (bicyclic) bond motifs is 4. The minimum atomic E-state index is 0.500. The topological polar surface area (TPSA) is 0 Å². The van der Waals surface area contributed by atoms with Gasteiger partial charge in [0.2, 0.25) is 0 Å². The van der Waals surface area contributed by atoms with Crippen LogP contribution in [0.3, 0.4) is 0 Å². The van der Waals surface area contributed by atoms with Crippen LogP contribution in [0.5, 0.6) is 0 Å². The molecule has 0 aliphatic heterocycles. The molecule has 202 valence electrons. The van der Waals surface area contributed by atoms with Crippen LogP contribution in [0.25, 0.3) is 0 Å². The molecule has 4 aliphatic carbocycles. The molecule has 0 nitrogen and oxygen atoms in total. The van der Waals surface area contributed by atoms with E-state index in [2.05, 4.69) is 64.1 Å². The van der Waals surface area contributed by atoms with E-state index in [4.69, 9.17) is 0 Å². The van der Waals surface area contributed by atoms with Crippen LogP contribution >= 0.6 is 0 Å². The quantitative estimate of drug-likeness (QED) is 0.315. The van der Waals surface area contributed by atoms with Crippen molar-refractivity contribution in [3.05, 3.63) is 69.8 Å². The molecule has 4 aliphatic rings. The molecule has 6 rings (SSSR count). The molecule has 0 aromatic heterocycles. The summed E-state index contributed by atoms with van der Waals surface area (Å²) in [5.74, 6) is 7.83. The normalized spacial score (nSPS) is 33.6. The van der Waals surface area contributed by atoms with Gasteiger partial charge < -0.3 is 0 Å². The zero-order valence-electron chi connectivity index (χ0n) is 24.2. The Balaban J connectivity index is 0.00000137.